The van der Waals surface area contributed by atoms with Crippen LogP contribution in [0.2, 0.25) is 0 Å². The molecule has 0 spiro atoms. The number of aliphatic hydroxyl groups is 1. The summed E-state index contributed by atoms with van der Waals surface area (Å²) in [5.74, 6) is 0.962. The maximum Gasteiger partial charge on any atom is 0.133 e. The number of hydrogen-bond acceptors (Lipinski definition) is 4. The Balaban J connectivity index is 1.75. The first kappa shape index (κ1) is 13.1. The van der Waals surface area contributed by atoms with Crippen molar-refractivity contribution in [2.45, 2.75) is 38.8 Å². The van der Waals surface area contributed by atoms with Gasteiger partial charge in [0.2, 0.25) is 0 Å². The number of hydrogen-bond donors (Lipinski definition) is 2. The van der Waals surface area contributed by atoms with Crippen molar-refractivity contribution >= 4 is 5.82 Å². The summed E-state index contributed by atoms with van der Waals surface area (Å²) in [4.78, 5) is 8.76. The molecule has 0 aliphatic heterocycles. The molecule has 1 aliphatic rings. The normalized spacial score (nSPS) is 13.8. The predicted octanol–water partition coefficient (Wildman–Crippen LogP) is 2.46. The van der Waals surface area contributed by atoms with Gasteiger partial charge in [-0.25, -0.2) is 9.97 Å². The van der Waals surface area contributed by atoms with Gasteiger partial charge in [0, 0.05) is 17.8 Å². The number of nitrogens with zero attached hydrogens (tertiary/aromatic N) is 2. The van der Waals surface area contributed by atoms with Gasteiger partial charge in [-0.05, 0) is 36.8 Å². The van der Waals surface area contributed by atoms with Crippen molar-refractivity contribution in [1.29, 1.82) is 0 Å². The summed E-state index contributed by atoms with van der Waals surface area (Å²) in [6, 6.07) is 7.97. The molecule has 3 rings (SSSR count). The van der Waals surface area contributed by atoms with Crippen molar-refractivity contribution in [3.05, 3.63) is 53.0 Å². The Morgan fingerprint density at radius 1 is 1.10 bits per heavy atom. The fourth-order valence-corrected chi connectivity index (χ4v) is 2.70. The molecule has 2 aromatic rings. The van der Waals surface area contributed by atoms with Crippen molar-refractivity contribution < 1.29 is 5.11 Å². The van der Waals surface area contributed by atoms with Crippen LogP contribution >= 0.6 is 0 Å². The molecule has 0 bridgehead atoms. The quantitative estimate of drug-likeness (QED) is 0.895. The van der Waals surface area contributed by atoms with E-state index in [1.165, 1.54) is 24.1 Å². The van der Waals surface area contributed by atoms with Gasteiger partial charge in [-0.2, -0.15) is 0 Å². The second-order valence-corrected chi connectivity index (χ2v) is 5.19. The highest BCUT2D eigenvalue weighted by molar-refractivity contribution is 5.47. The Morgan fingerprint density at radius 3 is 2.85 bits per heavy atom. The largest absolute Gasteiger partial charge is 0.392 e. The van der Waals surface area contributed by atoms with Crippen LogP contribution in [0.25, 0.3) is 0 Å². The molecule has 0 saturated carbocycles. The molecule has 0 radical (unpaired) electrons. The Hall–Kier alpha value is -1.94. The van der Waals surface area contributed by atoms with E-state index >= 15 is 0 Å². The lowest BCUT2D eigenvalue weighted by atomic mass is 9.96. The second-order valence-electron chi connectivity index (χ2n) is 5.19. The molecule has 0 atom stereocenters. The Bertz CT molecular complexity index is 598. The summed E-state index contributed by atoms with van der Waals surface area (Å²) < 4.78 is 0. The number of anilines is 1. The molecule has 0 amide bonds. The first-order valence-electron chi connectivity index (χ1n) is 7.12. The lowest BCUT2D eigenvalue weighted by Crippen LogP contribution is -2.12. The van der Waals surface area contributed by atoms with Gasteiger partial charge >= 0.3 is 0 Å². The summed E-state index contributed by atoms with van der Waals surface area (Å²) in [5.41, 5.74) is 4.56. The highest BCUT2D eigenvalue weighted by atomic mass is 16.3. The third kappa shape index (κ3) is 2.80. The Kier molecular flexibility index (Phi) is 3.92. The molecule has 4 heteroatoms. The van der Waals surface area contributed by atoms with E-state index in [4.69, 9.17) is 5.11 Å². The van der Waals surface area contributed by atoms with E-state index < -0.39 is 0 Å². The highest BCUT2D eigenvalue weighted by Crippen LogP contribution is 2.24. The molecule has 0 unspecified atom stereocenters. The molecule has 1 aliphatic carbocycles. The van der Waals surface area contributed by atoms with Crippen LogP contribution in [0.1, 0.15) is 35.2 Å². The van der Waals surface area contributed by atoms with Crippen LogP contribution in [0.3, 0.4) is 0 Å². The fourth-order valence-electron chi connectivity index (χ4n) is 2.70. The summed E-state index contributed by atoms with van der Waals surface area (Å²) >= 11 is 0. The van der Waals surface area contributed by atoms with E-state index in [9.17, 15) is 0 Å². The maximum absolute atomic E-state index is 9.16. The van der Waals surface area contributed by atoms with Gasteiger partial charge in [-0.1, -0.05) is 24.3 Å². The van der Waals surface area contributed by atoms with Crippen molar-refractivity contribution in [3.8, 4) is 0 Å². The van der Waals surface area contributed by atoms with Crippen LogP contribution in [-0.4, -0.2) is 15.1 Å². The molecule has 0 fully saturated rings. The lowest BCUT2D eigenvalue weighted by molar-refractivity contribution is 0.281. The minimum absolute atomic E-state index is 0.0801. The zero-order chi connectivity index (χ0) is 13.8. The molecule has 0 saturated heterocycles. The van der Waals surface area contributed by atoms with Crippen molar-refractivity contribution in [2.24, 2.45) is 0 Å². The minimum atomic E-state index is 0.0801. The van der Waals surface area contributed by atoms with Gasteiger partial charge in [0.05, 0.1) is 6.61 Å². The standard InChI is InChI=1S/C16H19N3O/c20-10-13-5-3-4-12(8-13)9-17-16-14-6-1-2-7-15(14)18-11-19-16/h3-5,8,11,20H,1-2,6-7,9-10H2,(H,17,18,19). The number of rotatable bonds is 4. The lowest BCUT2D eigenvalue weighted by Gasteiger charge is -2.18. The average molecular weight is 269 g/mol. The SMILES string of the molecule is OCc1cccc(CNc2ncnc3c2CCCC3)c1. The van der Waals surface area contributed by atoms with E-state index in [0.717, 1.165) is 36.3 Å². The maximum atomic E-state index is 9.16. The van der Waals surface area contributed by atoms with Gasteiger partial charge in [0.1, 0.15) is 12.1 Å². The Morgan fingerprint density at radius 2 is 1.95 bits per heavy atom. The van der Waals surface area contributed by atoms with E-state index in [0.29, 0.717) is 0 Å². The van der Waals surface area contributed by atoms with Crippen molar-refractivity contribution in [3.63, 3.8) is 0 Å². The molecule has 104 valence electrons. The van der Waals surface area contributed by atoms with Crippen molar-refractivity contribution in [2.75, 3.05) is 5.32 Å². The molecule has 2 N–H and O–H groups in total. The number of nitrogens with one attached hydrogen (secondary N) is 1. The van der Waals surface area contributed by atoms with Gasteiger partial charge < -0.3 is 10.4 Å². The molecule has 1 heterocycles. The number of aromatic nitrogens is 2. The monoisotopic (exact) mass is 269 g/mol. The van der Waals surface area contributed by atoms with Crippen LogP contribution < -0.4 is 5.32 Å². The van der Waals surface area contributed by atoms with E-state index in [2.05, 4.69) is 21.4 Å². The van der Waals surface area contributed by atoms with E-state index in [-0.39, 0.29) is 6.61 Å². The summed E-state index contributed by atoms with van der Waals surface area (Å²) in [6.07, 6.45) is 6.22. The third-order valence-corrected chi connectivity index (χ3v) is 3.76. The molecular formula is C16H19N3O. The zero-order valence-corrected chi connectivity index (χ0v) is 11.5. The third-order valence-electron chi connectivity index (χ3n) is 3.76. The second kappa shape index (κ2) is 6.01. The molecular weight excluding hydrogens is 250 g/mol. The smallest absolute Gasteiger partial charge is 0.133 e. The number of benzene rings is 1. The topological polar surface area (TPSA) is 58.0 Å². The van der Waals surface area contributed by atoms with Crippen LogP contribution in [-0.2, 0) is 26.0 Å². The number of fused-ring (bicyclic) bond motifs is 1. The van der Waals surface area contributed by atoms with Gasteiger partial charge in [-0.3, -0.25) is 0 Å². The highest BCUT2D eigenvalue weighted by Gasteiger charge is 2.14. The van der Waals surface area contributed by atoms with Gasteiger partial charge in [0.25, 0.3) is 0 Å². The first-order chi connectivity index (χ1) is 9.86. The number of aliphatic hydroxyl groups excluding tert-OH is 1. The van der Waals surface area contributed by atoms with Gasteiger partial charge in [0.15, 0.2) is 0 Å². The van der Waals surface area contributed by atoms with E-state index in [1.807, 2.05) is 18.2 Å². The van der Waals surface area contributed by atoms with Crippen molar-refractivity contribution in [1.82, 2.24) is 9.97 Å². The van der Waals surface area contributed by atoms with Crippen LogP contribution in [0.5, 0.6) is 0 Å². The summed E-state index contributed by atoms with van der Waals surface area (Å²) in [7, 11) is 0. The fraction of sp³-hybridized carbons (Fsp3) is 0.375. The molecule has 1 aromatic heterocycles. The summed E-state index contributed by atoms with van der Waals surface area (Å²) in [5, 5.41) is 12.6. The summed E-state index contributed by atoms with van der Waals surface area (Å²) in [6.45, 7) is 0.800. The first-order valence-corrected chi connectivity index (χ1v) is 7.12. The van der Waals surface area contributed by atoms with Crippen LogP contribution in [0, 0.1) is 0 Å². The van der Waals surface area contributed by atoms with Crippen LogP contribution in [0.4, 0.5) is 5.82 Å². The minimum Gasteiger partial charge on any atom is -0.392 e. The van der Waals surface area contributed by atoms with E-state index in [1.54, 1.807) is 6.33 Å². The molecule has 20 heavy (non-hydrogen) atoms. The zero-order valence-electron chi connectivity index (χ0n) is 11.5. The molecule has 1 aromatic carbocycles. The van der Waals surface area contributed by atoms with Crippen LogP contribution in [0.15, 0.2) is 30.6 Å². The number of aryl methyl sites for hydroxylation is 1. The molecule has 4 nitrogen and oxygen atoms in total. The van der Waals surface area contributed by atoms with Gasteiger partial charge in [-0.15, -0.1) is 0 Å². The Labute approximate surface area is 118 Å². The average Bonchev–Trinajstić information content (AvgIpc) is 2.53. The predicted molar refractivity (Wildman–Crippen MR) is 78.4 cm³/mol.